The number of hydrogen-bond acceptors (Lipinski definition) is 6. The summed E-state index contributed by atoms with van der Waals surface area (Å²) in [4.78, 5) is 11.8. The van der Waals surface area contributed by atoms with Crippen LogP contribution in [0.3, 0.4) is 0 Å². The van der Waals surface area contributed by atoms with Crippen molar-refractivity contribution in [2.24, 2.45) is 0 Å². The van der Waals surface area contributed by atoms with Crippen molar-refractivity contribution in [1.82, 2.24) is 0 Å². The Balaban J connectivity index is 3.09. The molecule has 142 valence electrons. The number of rotatable bonds is 7. The predicted molar refractivity (Wildman–Crippen MR) is 81.3 cm³/mol. The minimum Gasteiger partial charge on any atom is -0.748 e. The number of carbonyl (C=O) groups excluding carboxylic acids is 1. The zero-order valence-electron chi connectivity index (χ0n) is 13.8. The second kappa shape index (κ2) is 7.61. The van der Waals surface area contributed by atoms with Gasteiger partial charge in [-0.3, -0.25) is 0 Å². The first-order chi connectivity index (χ1) is 11.2. The minimum absolute atomic E-state index is 0.252. The summed E-state index contributed by atoms with van der Waals surface area (Å²) >= 11 is 0. The van der Waals surface area contributed by atoms with Crippen molar-refractivity contribution >= 4 is 16.1 Å². The molecule has 0 fully saturated rings. The van der Waals surface area contributed by atoms with Crippen LogP contribution >= 0.6 is 0 Å². The number of ether oxygens (including phenoxy) is 2. The molecule has 0 radical (unpaired) electrons. The Morgan fingerprint density at radius 3 is 2.32 bits per heavy atom. The fourth-order valence-corrected chi connectivity index (χ4v) is 1.94. The smallest absolute Gasteiger partial charge is 0.419 e. The molecule has 0 saturated heterocycles. The van der Waals surface area contributed by atoms with E-state index >= 15 is 0 Å². The molecule has 1 rings (SSSR count). The largest absolute Gasteiger partial charge is 0.748 e. The fraction of sp³-hybridized carbons (Fsp3) is 0.533. The van der Waals surface area contributed by atoms with Gasteiger partial charge in [-0.15, -0.1) is 0 Å². The summed E-state index contributed by atoms with van der Waals surface area (Å²) in [5.41, 5.74) is -2.20. The highest BCUT2D eigenvalue weighted by atomic mass is 32.2. The minimum atomic E-state index is -4.68. The Morgan fingerprint density at radius 2 is 1.84 bits per heavy atom. The van der Waals surface area contributed by atoms with Gasteiger partial charge >= 0.3 is 12.1 Å². The maximum absolute atomic E-state index is 13.1. The van der Waals surface area contributed by atoms with Gasteiger partial charge in [0.1, 0.15) is 18.0 Å². The number of carbonyl (C=O) groups is 1. The van der Waals surface area contributed by atoms with Crippen LogP contribution in [0.15, 0.2) is 18.2 Å². The van der Waals surface area contributed by atoms with Crippen LogP contribution in [-0.2, 0) is 21.0 Å². The van der Waals surface area contributed by atoms with Crippen molar-refractivity contribution in [2.45, 2.75) is 39.0 Å². The summed E-state index contributed by atoms with van der Waals surface area (Å²) in [5.74, 6) is -2.52. The number of alkyl halides is 3. The molecule has 0 atom stereocenters. The normalized spacial score (nSPS) is 12.8. The zero-order valence-corrected chi connectivity index (χ0v) is 14.7. The lowest BCUT2D eigenvalue weighted by Crippen LogP contribution is -2.28. The molecule has 0 heterocycles. The first kappa shape index (κ1) is 21.2. The molecule has 10 heteroatoms. The van der Waals surface area contributed by atoms with Crippen LogP contribution in [0.4, 0.5) is 13.2 Å². The van der Waals surface area contributed by atoms with Gasteiger partial charge in [0.05, 0.1) is 27.0 Å². The van der Waals surface area contributed by atoms with Crippen LogP contribution in [-0.4, -0.2) is 36.9 Å². The van der Waals surface area contributed by atoms with Gasteiger partial charge in [0.15, 0.2) is 0 Å². The molecule has 25 heavy (non-hydrogen) atoms. The monoisotopic (exact) mass is 383 g/mol. The summed E-state index contributed by atoms with van der Waals surface area (Å²) in [6.07, 6.45) is -4.27. The second-order valence-corrected chi connectivity index (χ2v) is 7.35. The third kappa shape index (κ3) is 6.91. The van der Waals surface area contributed by atoms with E-state index in [2.05, 4.69) is 4.74 Å². The summed E-state index contributed by atoms with van der Waals surface area (Å²) in [6.45, 7) is 4.23. The van der Waals surface area contributed by atoms with Crippen LogP contribution in [0, 0.1) is 0 Å². The Labute approximate surface area is 143 Å². The highest BCUT2D eigenvalue weighted by molar-refractivity contribution is 7.85. The Kier molecular flexibility index (Phi) is 6.46. The Bertz CT molecular complexity index is 725. The van der Waals surface area contributed by atoms with E-state index in [1.165, 1.54) is 0 Å². The van der Waals surface area contributed by atoms with Gasteiger partial charge in [-0.1, -0.05) is 6.92 Å². The van der Waals surface area contributed by atoms with Crippen molar-refractivity contribution in [3.8, 4) is 5.75 Å². The highest BCUT2D eigenvalue weighted by Gasteiger charge is 2.36. The molecule has 0 aliphatic carbocycles. The van der Waals surface area contributed by atoms with Gasteiger partial charge in [0, 0.05) is 0 Å². The first-order valence-electron chi connectivity index (χ1n) is 7.26. The summed E-state index contributed by atoms with van der Waals surface area (Å²) < 4.78 is 80.6. The standard InChI is InChI=1S/C15H19F3O6S/c1-4-14(2,3)24-12-9-10(5-6-11(12)15(16,17)18)13(19)23-7-8-25(20,21)22/h5-6,9H,4,7-8H2,1-3H3,(H,20,21,22)/p-1. The molecule has 0 saturated carbocycles. The van der Waals surface area contributed by atoms with Crippen molar-refractivity contribution in [1.29, 1.82) is 0 Å². The molecule has 0 amide bonds. The van der Waals surface area contributed by atoms with Crippen LogP contribution in [0.2, 0.25) is 0 Å². The van der Waals surface area contributed by atoms with E-state index in [1.54, 1.807) is 20.8 Å². The fourth-order valence-electron chi connectivity index (χ4n) is 1.66. The molecule has 0 spiro atoms. The van der Waals surface area contributed by atoms with Gasteiger partial charge in [-0.2, -0.15) is 13.2 Å². The van der Waals surface area contributed by atoms with E-state index < -0.39 is 51.5 Å². The van der Waals surface area contributed by atoms with Crippen LogP contribution in [0.1, 0.15) is 43.1 Å². The molecule has 0 aromatic heterocycles. The van der Waals surface area contributed by atoms with E-state index in [-0.39, 0.29) is 5.56 Å². The lowest BCUT2D eigenvalue weighted by Gasteiger charge is -2.27. The molecular formula is C15H18F3O6S-. The maximum atomic E-state index is 13.1. The Morgan fingerprint density at radius 1 is 1.24 bits per heavy atom. The van der Waals surface area contributed by atoms with Crippen LogP contribution in [0.25, 0.3) is 0 Å². The Hall–Kier alpha value is -1.81. The lowest BCUT2D eigenvalue weighted by atomic mass is 10.1. The van der Waals surface area contributed by atoms with Crippen molar-refractivity contribution in [3.63, 3.8) is 0 Å². The SMILES string of the molecule is CCC(C)(C)Oc1cc(C(=O)OCCS(=O)(=O)[O-])ccc1C(F)(F)F. The molecule has 1 aromatic rings. The van der Waals surface area contributed by atoms with E-state index in [0.29, 0.717) is 12.5 Å². The molecule has 0 bridgehead atoms. The molecule has 0 aliphatic heterocycles. The molecule has 0 aliphatic rings. The number of esters is 1. The molecule has 1 aromatic carbocycles. The lowest BCUT2D eigenvalue weighted by molar-refractivity contribution is -0.139. The summed E-state index contributed by atoms with van der Waals surface area (Å²) in [6, 6.07) is 2.46. The van der Waals surface area contributed by atoms with Crippen molar-refractivity contribution < 1.29 is 40.4 Å². The number of benzene rings is 1. The first-order valence-corrected chi connectivity index (χ1v) is 8.84. The molecule has 6 nitrogen and oxygen atoms in total. The van der Waals surface area contributed by atoms with E-state index in [0.717, 1.165) is 12.1 Å². The third-order valence-electron chi connectivity index (χ3n) is 3.33. The molecular weight excluding hydrogens is 365 g/mol. The van der Waals surface area contributed by atoms with Crippen LogP contribution in [0.5, 0.6) is 5.75 Å². The second-order valence-electron chi connectivity index (χ2n) is 5.82. The van der Waals surface area contributed by atoms with Gasteiger partial charge in [0.2, 0.25) is 0 Å². The maximum Gasteiger partial charge on any atom is 0.419 e. The number of halogens is 3. The van der Waals surface area contributed by atoms with Gasteiger partial charge in [0.25, 0.3) is 0 Å². The molecule has 0 unspecified atom stereocenters. The average molecular weight is 383 g/mol. The predicted octanol–water partition coefficient (Wildman–Crippen LogP) is 2.97. The van der Waals surface area contributed by atoms with Crippen molar-refractivity contribution in [2.75, 3.05) is 12.4 Å². The van der Waals surface area contributed by atoms with Crippen LogP contribution < -0.4 is 4.74 Å². The topological polar surface area (TPSA) is 92.7 Å². The zero-order chi connectivity index (χ0) is 19.5. The number of hydrogen-bond donors (Lipinski definition) is 0. The summed E-state index contributed by atoms with van der Waals surface area (Å²) in [7, 11) is -4.56. The van der Waals surface area contributed by atoms with Gasteiger partial charge in [-0.25, -0.2) is 13.2 Å². The van der Waals surface area contributed by atoms with E-state index in [1.807, 2.05) is 0 Å². The van der Waals surface area contributed by atoms with E-state index in [4.69, 9.17) is 4.74 Å². The average Bonchev–Trinajstić information content (AvgIpc) is 2.44. The van der Waals surface area contributed by atoms with Gasteiger partial charge in [-0.05, 0) is 38.5 Å². The van der Waals surface area contributed by atoms with E-state index in [9.17, 15) is 30.9 Å². The van der Waals surface area contributed by atoms with Gasteiger partial charge < -0.3 is 14.0 Å². The van der Waals surface area contributed by atoms with Crippen molar-refractivity contribution in [3.05, 3.63) is 29.3 Å². The highest BCUT2D eigenvalue weighted by Crippen LogP contribution is 2.38. The quantitative estimate of drug-likeness (QED) is 0.531. The third-order valence-corrected chi connectivity index (χ3v) is 3.99. The summed E-state index contributed by atoms with van der Waals surface area (Å²) in [5, 5.41) is 0. The molecule has 0 N–H and O–H groups in total.